The van der Waals surface area contributed by atoms with E-state index in [1.807, 2.05) is 42.5 Å². The average Bonchev–Trinajstić information content (AvgIpc) is 3.16. The minimum absolute atomic E-state index is 0.0843. The van der Waals surface area contributed by atoms with Crippen LogP contribution in [0.25, 0.3) is 10.9 Å². The van der Waals surface area contributed by atoms with Crippen LogP contribution in [0, 0.1) is 0 Å². The minimum Gasteiger partial charge on any atom is -0.508 e. The van der Waals surface area contributed by atoms with Crippen LogP contribution in [0.1, 0.15) is 28.5 Å². The first kappa shape index (κ1) is 17.5. The molecule has 0 spiro atoms. The molecular weight excluding hydrogens is 364 g/mol. The van der Waals surface area contributed by atoms with Crippen molar-refractivity contribution in [2.24, 2.45) is 0 Å². The molecular formula is C24H22N2O3. The second-order valence-electron chi connectivity index (χ2n) is 7.44. The number of phenols is 1. The Morgan fingerprint density at radius 1 is 1.03 bits per heavy atom. The summed E-state index contributed by atoms with van der Waals surface area (Å²) in [6.07, 6.45) is 2.06. The molecule has 2 atom stereocenters. The smallest absolute Gasteiger partial charge is 0.125 e. The van der Waals surface area contributed by atoms with Crippen LogP contribution in [0.3, 0.4) is 0 Å². The molecule has 2 heterocycles. The lowest BCUT2D eigenvalue weighted by molar-refractivity contribution is 0.250. The van der Waals surface area contributed by atoms with E-state index in [2.05, 4.69) is 17.2 Å². The van der Waals surface area contributed by atoms with Gasteiger partial charge in [0.1, 0.15) is 17.2 Å². The number of benzene rings is 3. The zero-order chi connectivity index (χ0) is 20.0. The number of hydrogen-bond acceptors (Lipinski definition) is 4. The van der Waals surface area contributed by atoms with Crippen LogP contribution in [0.15, 0.2) is 66.9 Å². The van der Waals surface area contributed by atoms with Gasteiger partial charge in [-0.3, -0.25) is 0 Å². The number of hydrogen-bond donors (Lipinski definition) is 3. The topological polar surface area (TPSA) is 80.5 Å². The fourth-order valence-electron chi connectivity index (χ4n) is 4.35. The highest BCUT2D eigenvalue weighted by atomic mass is 16.5. The predicted molar refractivity (Wildman–Crippen MR) is 114 cm³/mol. The number of fused-ring (bicyclic) bond motifs is 2. The van der Waals surface area contributed by atoms with Crippen LogP contribution in [0.5, 0.6) is 17.2 Å². The fourth-order valence-corrected chi connectivity index (χ4v) is 4.35. The van der Waals surface area contributed by atoms with Crippen molar-refractivity contribution in [1.29, 1.82) is 0 Å². The first-order valence-corrected chi connectivity index (χ1v) is 9.60. The largest absolute Gasteiger partial charge is 0.508 e. The van der Waals surface area contributed by atoms with Crippen molar-refractivity contribution in [1.82, 2.24) is 4.98 Å². The van der Waals surface area contributed by atoms with Crippen LogP contribution >= 0.6 is 0 Å². The molecule has 5 heteroatoms. The van der Waals surface area contributed by atoms with Gasteiger partial charge in [0.05, 0.1) is 13.7 Å². The van der Waals surface area contributed by atoms with E-state index in [4.69, 9.17) is 15.2 Å². The molecule has 0 saturated heterocycles. The SMILES string of the molecule is COc1ccc2c(C3COc4cc(N)ccc4C3c3ccc(O)cc3)c[nH]c2c1. The monoisotopic (exact) mass is 386 g/mol. The summed E-state index contributed by atoms with van der Waals surface area (Å²) in [4.78, 5) is 3.38. The lowest BCUT2D eigenvalue weighted by Gasteiger charge is -2.34. The number of aromatic hydroxyl groups is 1. The lowest BCUT2D eigenvalue weighted by atomic mass is 9.75. The first-order valence-electron chi connectivity index (χ1n) is 9.60. The summed E-state index contributed by atoms with van der Waals surface area (Å²) in [5, 5.41) is 10.9. The zero-order valence-corrected chi connectivity index (χ0v) is 16.1. The second-order valence-corrected chi connectivity index (χ2v) is 7.44. The van der Waals surface area contributed by atoms with Gasteiger partial charge < -0.3 is 25.3 Å². The summed E-state index contributed by atoms with van der Waals surface area (Å²) in [6.45, 7) is 0.543. The van der Waals surface area contributed by atoms with E-state index >= 15 is 0 Å². The molecule has 0 amide bonds. The van der Waals surface area contributed by atoms with E-state index < -0.39 is 0 Å². The summed E-state index contributed by atoms with van der Waals surface area (Å²) in [7, 11) is 1.67. The molecule has 1 aliphatic heterocycles. The Kier molecular flexibility index (Phi) is 4.09. The van der Waals surface area contributed by atoms with E-state index in [1.165, 1.54) is 5.56 Å². The number of phenolic OH excluding ortho intramolecular Hbond substituents is 1. The summed E-state index contributed by atoms with van der Waals surface area (Å²) >= 11 is 0. The van der Waals surface area contributed by atoms with Crippen molar-refractivity contribution in [3.05, 3.63) is 83.6 Å². The number of aromatic nitrogens is 1. The standard InChI is InChI=1S/C24H22N2O3/c1-28-17-7-9-18-20(12-26-22(18)11-17)21-13-29-23-10-15(25)4-8-19(23)24(21)14-2-5-16(27)6-3-14/h2-12,21,24,26-27H,13,25H2,1H3. The second kappa shape index (κ2) is 6.78. The zero-order valence-electron chi connectivity index (χ0n) is 16.1. The van der Waals surface area contributed by atoms with Crippen molar-refractivity contribution in [3.8, 4) is 17.2 Å². The molecule has 3 aromatic carbocycles. The van der Waals surface area contributed by atoms with E-state index in [1.54, 1.807) is 19.2 Å². The molecule has 0 aliphatic carbocycles. The number of rotatable bonds is 3. The van der Waals surface area contributed by atoms with Crippen LogP contribution in [-0.4, -0.2) is 23.8 Å². The number of ether oxygens (including phenoxy) is 2. The Labute approximate surface area is 168 Å². The quantitative estimate of drug-likeness (QED) is 0.443. The first-order chi connectivity index (χ1) is 14.1. The highest BCUT2D eigenvalue weighted by Crippen LogP contribution is 2.48. The van der Waals surface area contributed by atoms with E-state index in [-0.39, 0.29) is 17.6 Å². The number of nitrogens with one attached hydrogen (secondary N) is 1. The highest BCUT2D eigenvalue weighted by molar-refractivity contribution is 5.85. The molecule has 0 fully saturated rings. The van der Waals surface area contributed by atoms with Gasteiger partial charge in [-0.1, -0.05) is 18.2 Å². The van der Waals surface area contributed by atoms with Gasteiger partial charge in [-0.15, -0.1) is 0 Å². The van der Waals surface area contributed by atoms with Gasteiger partial charge >= 0.3 is 0 Å². The molecule has 2 unspecified atom stereocenters. The molecule has 0 bridgehead atoms. The Balaban J connectivity index is 1.67. The van der Waals surface area contributed by atoms with Gasteiger partial charge in [0.15, 0.2) is 0 Å². The number of aromatic amines is 1. The van der Waals surface area contributed by atoms with Crippen molar-refractivity contribution >= 4 is 16.6 Å². The maximum absolute atomic E-state index is 9.77. The average molecular weight is 386 g/mol. The van der Waals surface area contributed by atoms with Gasteiger partial charge in [0.25, 0.3) is 0 Å². The Morgan fingerprint density at radius 2 is 1.86 bits per heavy atom. The molecule has 5 rings (SSSR count). The maximum atomic E-state index is 9.77. The van der Waals surface area contributed by atoms with Crippen LogP contribution in [0.2, 0.25) is 0 Å². The molecule has 29 heavy (non-hydrogen) atoms. The summed E-state index contributed by atoms with van der Waals surface area (Å²) in [5.74, 6) is 2.09. The fraction of sp³-hybridized carbons (Fsp3) is 0.167. The van der Waals surface area contributed by atoms with Crippen molar-refractivity contribution in [2.75, 3.05) is 19.5 Å². The number of nitrogen functional groups attached to an aromatic ring is 1. The normalized spacial score (nSPS) is 18.2. The predicted octanol–water partition coefficient (Wildman–Crippen LogP) is 4.77. The van der Waals surface area contributed by atoms with Gasteiger partial charge in [-0.2, -0.15) is 0 Å². The molecule has 4 aromatic rings. The van der Waals surface area contributed by atoms with Gasteiger partial charge in [0, 0.05) is 52.3 Å². The summed E-state index contributed by atoms with van der Waals surface area (Å²) < 4.78 is 11.5. The van der Waals surface area contributed by atoms with E-state index in [0.29, 0.717) is 12.3 Å². The molecule has 0 saturated carbocycles. The molecule has 5 nitrogen and oxygen atoms in total. The molecule has 1 aromatic heterocycles. The Bertz CT molecular complexity index is 1180. The molecule has 1 aliphatic rings. The third kappa shape index (κ3) is 2.95. The van der Waals surface area contributed by atoms with E-state index in [0.717, 1.165) is 33.5 Å². The third-order valence-electron chi connectivity index (χ3n) is 5.77. The van der Waals surface area contributed by atoms with Crippen molar-refractivity contribution in [3.63, 3.8) is 0 Å². The third-order valence-corrected chi connectivity index (χ3v) is 5.77. The Morgan fingerprint density at radius 3 is 2.66 bits per heavy atom. The summed E-state index contributed by atoms with van der Waals surface area (Å²) in [5.41, 5.74) is 11.1. The van der Waals surface area contributed by atoms with Crippen molar-refractivity contribution < 1.29 is 14.6 Å². The van der Waals surface area contributed by atoms with Crippen LogP contribution in [-0.2, 0) is 0 Å². The molecule has 4 N–H and O–H groups in total. The number of methoxy groups -OCH3 is 1. The summed E-state index contributed by atoms with van der Waals surface area (Å²) in [6, 6.07) is 19.4. The highest BCUT2D eigenvalue weighted by Gasteiger charge is 2.34. The number of nitrogens with two attached hydrogens (primary N) is 1. The van der Waals surface area contributed by atoms with Crippen molar-refractivity contribution in [2.45, 2.75) is 11.8 Å². The Hall–Kier alpha value is -3.60. The van der Waals surface area contributed by atoms with Gasteiger partial charge in [-0.25, -0.2) is 0 Å². The molecule has 146 valence electrons. The molecule has 0 radical (unpaired) electrons. The number of H-pyrrole nitrogens is 1. The van der Waals surface area contributed by atoms with Crippen LogP contribution in [0.4, 0.5) is 5.69 Å². The van der Waals surface area contributed by atoms with E-state index in [9.17, 15) is 5.11 Å². The minimum atomic E-state index is 0.0843. The van der Waals surface area contributed by atoms with Gasteiger partial charge in [-0.05, 0) is 41.5 Å². The lowest BCUT2D eigenvalue weighted by Crippen LogP contribution is -2.25. The van der Waals surface area contributed by atoms with Gasteiger partial charge in [0.2, 0.25) is 0 Å². The maximum Gasteiger partial charge on any atom is 0.125 e. The van der Waals surface area contributed by atoms with Crippen LogP contribution < -0.4 is 15.2 Å². The number of anilines is 1.